The number of hydrogen-bond donors (Lipinski definition) is 2. The van der Waals surface area contributed by atoms with Gasteiger partial charge in [0.15, 0.2) is 0 Å². The van der Waals surface area contributed by atoms with E-state index in [9.17, 15) is 4.79 Å². The number of primary amides is 1. The topological polar surface area (TPSA) is 55.1 Å². The van der Waals surface area contributed by atoms with E-state index >= 15 is 0 Å². The first-order valence-corrected chi connectivity index (χ1v) is 7.23. The Hall–Kier alpha value is -1.65. The number of benzene rings is 1. The van der Waals surface area contributed by atoms with E-state index in [0.717, 1.165) is 25.1 Å². The van der Waals surface area contributed by atoms with E-state index in [4.69, 9.17) is 5.73 Å². The van der Waals surface area contributed by atoms with Crippen LogP contribution in [0.25, 0.3) is 0 Å². The summed E-state index contributed by atoms with van der Waals surface area (Å²) < 4.78 is 0. The second-order valence-electron chi connectivity index (χ2n) is 4.39. The summed E-state index contributed by atoms with van der Waals surface area (Å²) in [6.45, 7) is 3.77. The van der Waals surface area contributed by atoms with Crippen LogP contribution in [0.5, 0.6) is 0 Å². The molecule has 0 spiro atoms. The van der Waals surface area contributed by atoms with Crippen LogP contribution in [0.1, 0.15) is 33.3 Å². The Kier molecular flexibility index (Phi) is 4.71. The number of amides is 1. The second-order valence-corrected chi connectivity index (χ2v) is 5.39. The van der Waals surface area contributed by atoms with Gasteiger partial charge in [0.1, 0.15) is 0 Å². The fraction of sp³-hybridized carbons (Fsp3) is 0.267. The van der Waals surface area contributed by atoms with Crippen LogP contribution in [0.15, 0.2) is 35.7 Å². The molecule has 1 heterocycles. The third kappa shape index (κ3) is 3.66. The molecule has 3 nitrogen and oxygen atoms in total. The minimum absolute atomic E-state index is 0.381. The number of nitrogens with one attached hydrogen (secondary N) is 1. The van der Waals surface area contributed by atoms with Crippen LogP contribution in [0.3, 0.4) is 0 Å². The molecule has 19 heavy (non-hydrogen) atoms. The minimum Gasteiger partial charge on any atom is -0.366 e. The molecule has 2 rings (SSSR count). The molecule has 0 radical (unpaired) electrons. The van der Waals surface area contributed by atoms with Crippen LogP contribution < -0.4 is 11.1 Å². The molecule has 1 aromatic heterocycles. The van der Waals surface area contributed by atoms with Crippen LogP contribution in [-0.2, 0) is 19.5 Å². The summed E-state index contributed by atoms with van der Waals surface area (Å²) in [5.41, 5.74) is 8.31. The van der Waals surface area contributed by atoms with Gasteiger partial charge < -0.3 is 11.1 Å². The van der Waals surface area contributed by atoms with Gasteiger partial charge in [-0.1, -0.05) is 19.1 Å². The van der Waals surface area contributed by atoms with Crippen LogP contribution in [0, 0.1) is 0 Å². The Balaban J connectivity index is 1.92. The predicted octanol–water partition coefficient (Wildman–Crippen LogP) is 2.70. The summed E-state index contributed by atoms with van der Waals surface area (Å²) in [5, 5.41) is 5.53. The van der Waals surface area contributed by atoms with E-state index in [1.165, 1.54) is 10.4 Å². The Labute approximate surface area is 117 Å². The van der Waals surface area contributed by atoms with E-state index in [1.807, 2.05) is 18.2 Å². The molecule has 0 unspecified atom stereocenters. The Morgan fingerprint density at radius 1 is 1.32 bits per heavy atom. The van der Waals surface area contributed by atoms with E-state index in [0.29, 0.717) is 5.56 Å². The Bertz CT molecular complexity index is 563. The average Bonchev–Trinajstić information content (AvgIpc) is 2.86. The van der Waals surface area contributed by atoms with Gasteiger partial charge in [-0.15, -0.1) is 11.3 Å². The lowest BCUT2D eigenvalue weighted by atomic mass is 10.1. The highest BCUT2D eigenvalue weighted by Gasteiger charge is 2.03. The average molecular weight is 274 g/mol. The largest absolute Gasteiger partial charge is 0.366 e. The fourth-order valence-corrected chi connectivity index (χ4v) is 2.94. The van der Waals surface area contributed by atoms with Crippen molar-refractivity contribution < 1.29 is 4.79 Å². The molecule has 0 bridgehead atoms. The molecule has 0 atom stereocenters. The van der Waals surface area contributed by atoms with Crippen LogP contribution in [0.2, 0.25) is 0 Å². The quantitative estimate of drug-likeness (QED) is 0.851. The summed E-state index contributed by atoms with van der Waals surface area (Å²) >= 11 is 1.78. The number of rotatable bonds is 6. The first-order chi connectivity index (χ1) is 9.20. The van der Waals surface area contributed by atoms with Crippen molar-refractivity contribution in [3.05, 3.63) is 57.3 Å². The van der Waals surface area contributed by atoms with Crippen molar-refractivity contribution in [3.63, 3.8) is 0 Å². The van der Waals surface area contributed by atoms with Gasteiger partial charge in [-0.3, -0.25) is 4.79 Å². The maximum absolute atomic E-state index is 11.1. The maximum atomic E-state index is 11.1. The Morgan fingerprint density at radius 3 is 2.89 bits per heavy atom. The molecule has 1 aromatic carbocycles. The van der Waals surface area contributed by atoms with Gasteiger partial charge in [-0.2, -0.15) is 0 Å². The summed E-state index contributed by atoms with van der Waals surface area (Å²) in [7, 11) is 0. The van der Waals surface area contributed by atoms with Crippen LogP contribution in [0.4, 0.5) is 0 Å². The molecular weight excluding hydrogens is 256 g/mol. The predicted molar refractivity (Wildman–Crippen MR) is 79.2 cm³/mol. The molecule has 0 aliphatic rings. The molecule has 0 aliphatic heterocycles. The lowest BCUT2D eigenvalue weighted by molar-refractivity contribution is 0.1000. The molecule has 100 valence electrons. The van der Waals surface area contributed by atoms with E-state index < -0.39 is 0 Å². The molecule has 0 saturated carbocycles. The molecule has 0 saturated heterocycles. The first kappa shape index (κ1) is 13.8. The molecule has 0 fully saturated rings. The highest BCUT2D eigenvalue weighted by Crippen LogP contribution is 2.17. The molecule has 4 heteroatoms. The number of thiophene rings is 1. The summed E-state index contributed by atoms with van der Waals surface area (Å²) in [6.07, 6.45) is 1.07. The fourth-order valence-electron chi connectivity index (χ4n) is 1.99. The zero-order chi connectivity index (χ0) is 13.7. The van der Waals surface area contributed by atoms with Crippen molar-refractivity contribution >= 4 is 17.2 Å². The van der Waals surface area contributed by atoms with Crippen molar-refractivity contribution in [2.75, 3.05) is 0 Å². The molecule has 0 aliphatic carbocycles. The van der Waals surface area contributed by atoms with Gasteiger partial charge >= 0.3 is 0 Å². The number of hydrogen-bond acceptors (Lipinski definition) is 3. The van der Waals surface area contributed by atoms with Crippen molar-refractivity contribution in [1.82, 2.24) is 5.32 Å². The Morgan fingerprint density at radius 2 is 2.16 bits per heavy atom. The molecule has 2 aromatic rings. The highest BCUT2D eigenvalue weighted by molar-refractivity contribution is 7.10. The van der Waals surface area contributed by atoms with Gasteiger partial charge in [0.2, 0.25) is 5.91 Å². The van der Waals surface area contributed by atoms with Crippen molar-refractivity contribution in [1.29, 1.82) is 0 Å². The van der Waals surface area contributed by atoms with Gasteiger partial charge in [0, 0.05) is 23.5 Å². The molecule has 3 N–H and O–H groups in total. The van der Waals surface area contributed by atoms with E-state index in [2.05, 4.69) is 23.7 Å². The second kappa shape index (κ2) is 6.50. The normalized spacial score (nSPS) is 10.6. The lowest BCUT2D eigenvalue weighted by Gasteiger charge is -2.06. The smallest absolute Gasteiger partial charge is 0.248 e. The van der Waals surface area contributed by atoms with E-state index in [-0.39, 0.29) is 5.91 Å². The van der Waals surface area contributed by atoms with Crippen molar-refractivity contribution in [3.8, 4) is 0 Å². The number of nitrogens with two attached hydrogens (primary N) is 1. The summed E-state index contributed by atoms with van der Waals surface area (Å²) in [5.74, 6) is -0.381. The molecule has 1 amide bonds. The third-order valence-corrected chi connectivity index (χ3v) is 4.01. The zero-order valence-electron chi connectivity index (χ0n) is 11.0. The summed E-state index contributed by atoms with van der Waals surface area (Å²) in [6, 6.07) is 9.61. The first-order valence-electron chi connectivity index (χ1n) is 6.35. The van der Waals surface area contributed by atoms with Crippen LogP contribution >= 0.6 is 11.3 Å². The third-order valence-electron chi connectivity index (χ3n) is 3.04. The number of carbonyl (C=O) groups is 1. The van der Waals surface area contributed by atoms with Gasteiger partial charge in [-0.25, -0.2) is 0 Å². The van der Waals surface area contributed by atoms with E-state index in [1.54, 1.807) is 17.4 Å². The molecular formula is C15H18N2OS. The summed E-state index contributed by atoms with van der Waals surface area (Å²) in [4.78, 5) is 12.5. The van der Waals surface area contributed by atoms with Crippen molar-refractivity contribution in [2.45, 2.75) is 26.4 Å². The standard InChI is InChI=1S/C15H18N2OS/c1-2-12-6-7-19-14(12)10-17-9-11-4-3-5-13(8-11)15(16)18/h3-8,17H,2,9-10H2,1H3,(H2,16,18). The number of aryl methyl sites for hydroxylation is 1. The SMILES string of the molecule is CCc1ccsc1CNCc1cccc(C(N)=O)c1. The maximum Gasteiger partial charge on any atom is 0.248 e. The number of carbonyl (C=O) groups excluding carboxylic acids is 1. The lowest BCUT2D eigenvalue weighted by Crippen LogP contribution is -2.15. The van der Waals surface area contributed by atoms with Gasteiger partial charge in [-0.05, 0) is 41.1 Å². The zero-order valence-corrected chi connectivity index (χ0v) is 11.8. The van der Waals surface area contributed by atoms with Crippen LogP contribution in [-0.4, -0.2) is 5.91 Å². The van der Waals surface area contributed by atoms with Crippen molar-refractivity contribution in [2.24, 2.45) is 5.73 Å². The van der Waals surface area contributed by atoms with Gasteiger partial charge in [0.05, 0.1) is 0 Å². The highest BCUT2D eigenvalue weighted by atomic mass is 32.1. The van der Waals surface area contributed by atoms with Gasteiger partial charge in [0.25, 0.3) is 0 Å². The monoisotopic (exact) mass is 274 g/mol. The minimum atomic E-state index is -0.381.